The maximum absolute atomic E-state index is 11.0. The molecular formula is C10H18N6O9. The van der Waals surface area contributed by atoms with Crippen molar-refractivity contribution in [3.8, 4) is 0 Å². The van der Waals surface area contributed by atoms with Gasteiger partial charge in [0.15, 0.2) is 0 Å². The minimum atomic E-state index is -2.54. The van der Waals surface area contributed by atoms with Crippen molar-refractivity contribution in [2.45, 2.75) is 31.3 Å². The quantitative estimate of drug-likeness (QED) is 0.296. The lowest BCUT2D eigenvalue weighted by Crippen LogP contribution is -2.62. The monoisotopic (exact) mass is 366 g/mol. The average molecular weight is 366 g/mol. The summed E-state index contributed by atoms with van der Waals surface area (Å²) >= 11 is 0. The van der Waals surface area contributed by atoms with Gasteiger partial charge >= 0.3 is 11.3 Å². The van der Waals surface area contributed by atoms with Crippen LogP contribution in [0.4, 0.5) is 0 Å². The largest absolute Gasteiger partial charge is 0.468 e. The summed E-state index contributed by atoms with van der Waals surface area (Å²) in [5, 5.41) is 53.8. The Morgan fingerprint density at radius 3 is 1.36 bits per heavy atom. The molecule has 0 radical (unpaired) electrons. The lowest BCUT2D eigenvalue weighted by Gasteiger charge is -2.38. The molecule has 0 atom stereocenters. The number of aliphatic hydroxyl groups excluding tert-OH is 1. The topological polar surface area (TPSA) is 199 Å². The molecule has 0 amide bonds. The van der Waals surface area contributed by atoms with E-state index in [0.717, 1.165) is 13.8 Å². The van der Waals surface area contributed by atoms with Gasteiger partial charge in [-0.25, -0.2) is 0 Å². The van der Waals surface area contributed by atoms with Gasteiger partial charge in [0.2, 0.25) is 0 Å². The molecule has 15 nitrogen and oxygen atoms in total. The Morgan fingerprint density at radius 1 is 0.840 bits per heavy atom. The number of aliphatic hydroxyl groups is 1. The number of hydrogen-bond acceptors (Lipinski definition) is 11. The van der Waals surface area contributed by atoms with E-state index in [1.165, 1.54) is 9.80 Å². The molecule has 0 saturated carbocycles. The van der Waals surface area contributed by atoms with Crippen molar-refractivity contribution in [1.82, 2.24) is 9.80 Å². The minimum Gasteiger partial charge on any atom is -0.390 e. The highest BCUT2D eigenvalue weighted by Gasteiger charge is 2.55. The van der Waals surface area contributed by atoms with Gasteiger partial charge in [0, 0.05) is 13.1 Å². The molecule has 1 aliphatic heterocycles. The second-order valence-corrected chi connectivity index (χ2v) is 6.28. The highest BCUT2D eigenvalue weighted by molar-refractivity contribution is 4.81. The molecule has 0 spiro atoms. The van der Waals surface area contributed by atoms with Crippen LogP contribution in [0.5, 0.6) is 0 Å². The van der Waals surface area contributed by atoms with Crippen LogP contribution in [0, 0.1) is 40.5 Å². The maximum atomic E-state index is 11.0. The van der Waals surface area contributed by atoms with Crippen LogP contribution in [-0.4, -0.2) is 84.9 Å². The van der Waals surface area contributed by atoms with Gasteiger partial charge in [-0.1, -0.05) is 0 Å². The summed E-state index contributed by atoms with van der Waals surface area (Å²) in [6.45, 7) is -0.246. The smallest absolute Gasteiger partial charge is 0.390 e. The Balaban J connectivity index is 2.95. The third kappa shape index (κ3) is 4.31. The van der Waals surface area contributed by atoms with E-state index in [-0.39, 0.29) is 19.8 Å². The molecule has 0 bridgehead atoms. The molecule has 1 N–H and O–H groups in total. The Morgan fingerprint density at radius 2 is 1.12 bits per heavy atom. The molecular weight excluding hydrogens is 348 g/mol. The van der Waals surface area contributed by atoms with E-state index in [1.807, 2.05) is 0 Å². The number of nitro groups is 4. The minimum absolute atomic E-state index is 0.137. The van der Waals surface area contributed by atoms with Gasteiger partial charge < -0.3 is 5.11 Å². The van der Waals surface area contributed by atoms with E-state index in [4.69, 9.17) is 0 Å². The molecule has 1 heterocycles. The lowest BCUT2D eigenvalue weighted by atomic mass is 10.1. The van der Waals surface area contributed by atoms with Crippen LogP contribution in [0.2, 0.25) is 0 Å². The van der Waals surface area contributed by atoms with Gasteiger partial charge in [-0.15, -0.1) is 0 Å². The third-order valence-electron chi connectivity index (χ3n) is 3.96. The molecule has 1 rings (SSSR count). The Kier molecular flexibility index (Phi) is 5.88. The third-order valence-corrected chi connectivity index (χ3v) is 3.96. The van der Waals surface area contributed by atoms with Gasteiger partial charge in [0.05, 0.1) is 46.3 Å². The molecule has 0 aromatic heterocycles. The summed E-state index contributed by atoms with van der Waals surface area (Å²) in [4.78, 5) is 42.0. The molecule has 0 unspecified atom stereocenters. The molecule has 1 fully saturated rings. The number of nitrogens with zero attached hydrogens (tertiary/aromatic N) is 6. The zero-order valence-corrected chi connectivity index (χ0v) is 13.5. The molecule has 15 heteroatoms. The van der Waals surface area contributed by atoms with Crippen molar-refractivity contribution >= 4 is 0 Å². The van der Waals surface area contributed by atoms with E-state index in [9.17, 15) is 45.6 Å². The van der Waals surface area contributed by atoms with Crippen molar-refractivity contribution in [2.24, 2.45) is 0 Å². The number of hydrogen-bond donors (Lipinski definition) is 1. The van der Waals surface area contributed by atoms with Crippen LogP contribution in [0.25, 0.3) is 0 Å². The molecule has 0 aliphatic carbocycles. The predicted molar refractivity (Wildman–Crippen MR) is 78.8 cm³/mol. The van der Waals surface area contributed by atoms with E-state index in [0.29, 0.717) is 0 Å². The lowest BCUT2D eigenvalue weighted by molar-refractivity contribution is -0.792. The van der Waals surface area contributed by atoms with E-state index < -0.39 is 50.2 Å². The second kappa shape index (κ2) is 7.16. The van der Waals surface area contributed by atoms with Crippen molar-refractivity contribution < 1.29 is 24.8 Å². The summed E-state index contributed by atoms with van der Waals surface area (Å²) in [6.07, 6.45) is -1.13. The fraction of sp³-hybridized carbons (Fsp3) is 1.00. The first-order valence-electron chi connectivity index (χ1n) is 7.03. The zero-order valence-electron chi connectivity index (χ0n) is 13.5. The van der Waals surface area contributed by atoms with Gasteiger partial charge in [-0.3, -0.25) is 50.3 Å². The zero-order chi connectivity index (χ0) is 19.6. The molecule has 1 saturated heterocycles. The first-order chi connectivity index (χ1) is 11.3. The fourth-order valence-electron chi connectivity index (χ4n) is 2.49. The average Bonchev–Trinajstić information content (AvgIpc) is 2.45. The summed E-state index contributed by atoms with van der Waals surface area (Å²) in [7, 11) is 0. The van der Waals surface area contributed by atoms with Gasteiger partial charge in [-0.05, 0) is 0 Å². The van der Waals surface area contributed by atoms with Crippen LogP contribution in [0.15, 0.2) is 0 Å². The standard InChI is InChI=1S/C10H18N6O9/c1-9(13(18)19,14(20)21)5-11-3-8(17)4-12(7-11)6-10(2,15(22)23)16(24)25/h8,17H,3-7H2,1-2H3. The summed E-state index contributed by atoms with van der Waals surface area (Å²) in [6, 6.07) is 0. The van der Waals surface area contributed by atoms with Gasteiger partial charge in [0.1, 0.15) is 13.1 Å². The maximum Gasteiger partial charge on any atom is 0.468 e. The first-order valence-corrected chi connectivity index (χ1v) is 7.03. The SMILES string of the molecule is CC(CN1CC(O)CN(CC(C)([N+](=O)[O-])[N+](=O)[O-])C1)([N+](=O)[O-])[N+](=O)[O-]. The highest BCUT2D eigenvalue weighted by Crippen LogP contribution is 2.19. The summed E-state index contributed by atoms with van der Waals surface area (Å²) < 4.78 is 0. The molecule has 25 heavy (non-hydrogen) atoms. The van der Waals surface area contributed by atoms with Crippen LogP contribution >= 0.6 is 0 Å². The first kappa shape index (κ1) is 20.5. The molecule has 1 aliphatic rings. The molecule has 0 aromatic carbocycles. The van der Waals surface area contributed by atoms with Gasteiger partial charge in [-0.2, -0.15) is 0 Å². The number of β-amino-alcohol motifs (C(OH)–C–C–N with tert-alkyl or cyclic N) is 1. The summed E-state index contributed by atoms with van der Waals surface area (Å²) in [5.74, 6) is 0. The van der Waals surface area contributed by atoms with Crippen molar-refractivity contribution in [1.29, 1.82) is 0 Å². The van der Waals surface area contributed by atoms with Crippen LogP contribution in [0.3, 0.4) is 0 Å². The molecule has 142 valence electrons. The highest BCUT2D eigenvalue weighted by atomic mass is 16.7. The van der Waals surface area contributed by atoms with Crippen LogP contribution in [0.1, 0.15) is 13.8 Å². The van der Waals surface area contributed by atoms with E-state index >= 15 is 0 Å². The van der Waals surface area contributed by atoms with Crippen molar-refractivity contribution in [3.63, 3.8) is 0 Å². The van der Waals surface area contributed by atoms with E-state index in [2.05, 4.69) is 0 Å². The summed E-state index contributed by atoms with van der Waals surface area (Å²) in [5.41, 5.74) is -5.09. The van der Waals surface area contributed by atoms with Crippen molar-refractivity contribution in [3.05, 3.63) is 40.5 Å². The van der Waals surface area contributed by atoms with Crippen LogP contribution in [-0.2, 0) is 0 Å². The Hall–Kier alpha value is -2.52. The fourth-order valence-corrected chi connectivity index (χ4v) is 2.49. The van der Waals surface area contributed by atoms with E-state index in [1.54, 1.807) is 0 Å². The Bertz CT molecular complexity index is 507. The molecule has 0 aromatic rings. The number of rotatable bonds is 8. The van der Waals surface area contributed by atoms with Gasteiger partial charge in [0.25, 0.3) is 0 Å². The normalized spacial score (nSPS) is 18.0. The predicted octanol–water partition coefficient (Wildman–Crippen LogP) is -1.54. The van der Waals surface area contributed by atoms with Crippen LogP contribution < -0.4 is 0 Å². The second-order valence-electron chi connectivity index (χ2n) is 6.28. The Labute approximate surface area is 140 Å². The van der Waals surface area contributed by atoms with Crippen molar-refractivity contribution in [2.75, 3.05) is 32.8 Å².